The van der Waals surface area contributed by atoms with E-state index in [1.54, 1.807) is 36.2 Å². The molecule has 0 aliphatic carbocycles. The minimum Gasteiger partial charge on any atom is -0.505 e. The number of aliphatic hydroxyl groups is 1. The Hall–Kier alpha value is -8.45. The zero-order valence-corrected chi connectivity index (χ0v) is 46.4. The van der Waals surface area contributed by atoms with Gasteiger partial charge in [0.1, 0.15) is 11.4 Å². The third-order valence-electron chi connectivity index (χ3n) is 12.1. The van der Waals surface area contributed by atoms with E-state index in [4.69, 9.17) is 23.2 Å². The maximum absolute atomic E-state index is 13.6. The van der Waals surface area contributed by atoms with Crippen LogP contribution in [0.5, 0.6) is 11.5 Å². The molecule has 0 spiro atoms. The molecule has 9 aromatic rings. The van der Waals surface area contributed by atoms with E-state index in [-0.39, 0.29) is 80.3 Å². The number of likely N-dealkylation sites (N-methyl/N-ethyl adjacent to an activating group) is 1. The third kappa shape index (κ3) is 13.4. The predicted molar refractivity (Wildman–Crippen MR) is 303 cm³/mol. The summed E-state index contributed by atoms with van der Waals surface area (Å²) in [5.41, 5.74) is 2.45. The number of sulfone groups is 1. The van der Waals surface area contributed by atoms with Crippen molar-refractivity contribution in [2.24, 2.45) is 20.5 Å². The summed E-state index contributed by atoms with van der Waals surface area (Å²) in [5, 5.41) is 54.4. The minimum atomic E-state index is -4.89. The first-order valence-corrected chi connectivity index (χ1v) is 29.0. The molecule has 0 fully saturated rings. The summed E-state index contributed by atoms with van der Waals surface area (Å²) in [6, 6.07) is 29.2. The third-order valence-corrected chi connectivity index (χ3v) is 15.8. The van der Waals surface area contributed by atoms with Crippen molar-refractivity contribution >= 4 is 138 Å². The molecule has 2 heterocycles. The number of fused-ring (bicyclic) bond motifs is 2. The van der Waals surface area contributed by atoms with Gasteiger partial charge in [-0.3, -0.25) is 9.11 Å². The van der Waals surface area contributed by atoms with Crippen LogP contribution in [0, 0.1) is 13.8 Å². The van der Waals surface area contributed by atoms with Crippen molar-refractivity contribution in [3.63, 3.8) is 0 Å². The Kier molecular flexibility index (Phi) is 16.5. The van der Waals surface area contributed by atoms with Gasteiger partial charge in [0.2, 0.25) is 34.4 Å². The molecule has 25 nitrogen and oxygen atoms in total. The largest absolute Gasteiger partial charge is 0.505 e. The highest BCUT2D eigenvalue weighted by molar-refractivity contribution is 7.91. The van der Waals surface area contributed by atoms with Crippen LogP contribution >= 0.6 is 23.2 Å². The molecular weight excluding hydrogens is 1150 g/mol. The standard InChI is InChI=1S/C51H44Cl2N14O11S3/c1-28-4-10-32(11-5-28)62-64-38-18-8-30-24-36(80(73,74)75)26-40(42(30)44(38)69)54-48-56-46(52)58-50(60-48)67(34-14-16-35(17-15-34)79(71,72)23-21-66(3)20-22-68)51-59-47(53)57-49(61-51)55-41-27-37(81(76,77)78)25-31-9-19-39(45(70)43(31)41)65-63-33-12-6-29(2)7-13-33/h4-19,24-27,68-70H,20-23H2,1-3H3,(H,73,74,75)(H,76,77,78)(H,54,56,58,60)(H,55,57,59,61). The number of aromatic nitrogens is 6. The van der Waals surface area contributed by atoms with Crippen molar-refractivity contribution in [1.29, 1.82) is 0 Å². The molecule has 2 aromatic heterocycles. The van der Waals surface area contributed by atoms with Crippen LogP contribution in [0.3, 0.4) is 0 Å². The average Bonchev–Trinajstić information content (AvgIpc) is 3.58. The zero-order chi connectivity index (χ0) is 58.0. The number of nitrogens with zero attached hydrogens (tertiary/aromatic N) is 12. The molecule has 0 saturated carbocycles. The molecule has 0 unspecified atom stereocenters. The molecule has 0 saturated heterocycles. The van der Waals surface area contributed by atoms with Crippen LogP contribution in [0.1, 0.15) is 11.1 Å². The summed E-state index contributed by atoms with van der Waals surface area (Å²) in [5.74, 6) is -2.94. The molecule has 0 radical (unpaired) electrons. The quantitative estimate of drug-likeness (QED) is 0.0292. The second-order valence-corrected chi connectivity index (χ2v) is 23.5. The highest BCUT2D eigenvalue weighted by Gasteiger charge is 2.26. The minimum absolute atomic E-state index is 0.0323. The van der Waals surface area contributed by atoms with Crippen LogP contribution in [0.2, 0.25) is 10.6 Å². The van der Waals surface area contributed by atoms with Crippen LogP contribution in [-0.2, 0) is 30.1 Å². The van der Waals surface area contributed by atoms with Gasteiger partial charge in [-0.1, -0.05) is 47.5 Å². The Labute approximate surface area is 471 Å². The van der Waals surface area contributed by atoms with Crippen molar-refractivity contribution in [3.8, 4) is 11.5 Å². The Morgan fingerprint density at radius 1 is 0.531 bits per heavy atom. The van der Waals surface area contributed by atoms with Crippen LogP contribution in [-0.4, -0.2) is 117 Å². The van der Waals surface area contributed by atoms with Crippen molar-refractivity contribution in [3.05, 3.63) is 143 Å². The molecule has 416 valence electrons. The van der Waals surface area contributed by atoms with Gasteiger partial charge in [0, 0.05) is 23.9 Å². The van der Waals surface area contributed by atoms with Gasteiger partial charge < -0.3 is 30.9 Å². The van der Waals surface area contributed by atoms with Gasteiger partial charge in [0.25, 0.3) is 20.2 Å². The van der Waals surface area contributed by atoms with E-state index in [0.717, 1.165) is 40.3 Å². The summed E-state index contributed by atoms with van der Waals surface area (Å²) < 4.78 is 98.1. The van der Waals surface area contributed by atoms with E-state index in [9.17, 15) is 49.7 Å². The Morgan fingerprint density at radius 3 is 1.37 bits per heavy atom. The van der Waals surface area contributed by atoms with Gasteiger partial charge in [0.15, 0.2) is 21.3 Å². The highest BCUT2D eigenvalue weighted by atomic mass is 35.5. The maximum Gasteiger partial charge on any atom is 0.294 e. The monoisotopic (exact) mass is 1190 g/mol. The number of aryl methyl sites for hydroxylation is 2. The summed E-state index contributed by atoms with van der Waals surface area (Å²) in [4.78, 5) is 27.6. The van der Waals surface area contributed by atoms with E-state index >= 15 is 0 Å². The number of aliphatic hydroxyl groups excluding tert-OH is 1. The first kappa shape index (κ1) is 57.2. The molecule has 0 amide bonds. The molecule has 0 bridgehead atoms. The molecule has 0 atom stereocenters. The molecule has 0 aliphatic heterocycles. The van der Waals surface area contributed by atoms with Gasteiger partial charge in [-0.05, 0) is 140 Å². The second-order valence-electron chi connectivity index (χ2n) is 17.9. The first-order valence-electron chi connectivity index (χ1n) is 23.7. The fraction of sp³-hybridized carbons (Fsp3) is 0.137. The smallest absolute Gasteiger partial charge is 0.294 e. The SMILES string of the molecule is Cc1ccc(N=Nc2ccc3cc(S(=O)(=O)O)cc(Nc4nc(Cl)nc(N(c5ccc(S(=O)(=O)CCN(C)CCO)cc5)c5nc(Cl)nc(Nc6cc(S(=O)(=O)O)cc7ccc(N=Nc8ccc(C)cc8)c(O)c67)n5)n4)c3c2O)cc1. The predicted octanol–water partition coefficient (Wildman–Crippen LogP) is 10.7. The lowest BCUT2D eigenvalue weighted by Crippen LogP contribution is -2.28. The lowest BCUT2D eigenvalue weighted by Gasteiger charge is -2.22. The fourth-order valence-corrected chi connectivity index (χ4v) is 10.7. The number of anilines is 7. The number of aromatic hydroxyl groups is 2. The van der Waals surface area contributed by atoms with Gasteiger partial charge in [-0.2, -0.15) is 57.0 Å². The fourth-order valence-electron chi connectivity index (χ4n) is 7.95. The number of halogens is 2. The number of rotatable bonds is 19. The number of azo groups is 2. The molecule has 7 N–H and O–H groups in total. The van der Waals surface area contributed by atoms with E-state index < -0.39 is 85.7 Å². The molecule has 81 heavy (non-hydrogen) atoms. The van der Waals surface area contributed by atoms with Gasteiger partial charge in [-0.15, -0.1) is 10.2 Å². The van der Waals surface area contributed by atoms with Crippen molar-refractivity contribution in [2.75, 3.05) is 48.0 Å². The van der Waals surface area contributed by atoms with Crippen LogP contribution < -0.4 is 15.5 Å². The summed E-state index contributed by atoms with van der Waals surface area (Å²) in [6.45, 7) is 3.93. The Balaban J connectivity index is 1.17. The molecular formula is C51H44Cl2N14O11S3. The van der Waals surface area contributed by atoms with E-state index in [1.165, 1.54) is 48.5 Å². The van der Waals surface area contributed by atoms with E-state index in [1.807, 2.05) is 38.1 Å². The summed E-state index contributed by atoms with van der Waals surface area (Å²) in [7, 11) is -12.1. The molecule has 30 heteroatoms. The number of nitrogens with one attached hydrogen (secondary N) is 2. The first-order chi connectivity index (χ1) is 38.4. The van der Waals surface area contributed by atoms with Crippen molar-refractivity contribution in [1.82, 2.24) is 34.8 Å². The normalized spacial score (nSPS) is 12.3. The summed E-state index contributed by atoms with van der Waals surface area (Å²) in [6.07, 6.45) is 0. The zero-order valence-electron chi connectivity index (χ0n) is 42.4. The second kappa shape index (κ2) is 23.3. The van der Waals surface area contributed by atoms with Crippen molar-refractivity contribution < 1.29 is 49.7 Å². The van der Waals surface area contributed by atoms with E-state index in [0.29, 0.717) is 11.4 Å². The molecule has 0 aliphatic rings. The lowest BCUT2D eigenvalue weighted by atomic mass is 10.1. The Bertz CT molecular complexity index is 4090. The van der Waals surface area contributed by atoms with Crippen LogP contribution in [0.4, 0.5) is 63.6 Å². The van der Waals surface area contributed by atoms with Gasteiger partial charge in [0.05, 0.1) is 55.5 Å². The number of phenols is 2. The van der Waals surface area contributed by atoms with Crippen molar-refractivity contribution in [2.45, 2.75) is 28.5 Å². The van der Waals surface area contributed by atoms with Gasteiger partial charge in [-0.25, -0.2) is 13.3 Å². The number of phenolic OH excluding ortho intramolecular Hbond substituents is 2. The average molecular weight is 1200 g/mol. The van der Waals surface area contributed by atoms with Crippen LogP contribution in [0.25, 0.3) is 21.5 Å². The molecule has 9 rings (SSSR count). The number of hydrogen-bond donors (Lipinski definition) is 7. The highest BCUT2D eigenvalue weighted by Crippen LogP contribution is 2.44. The lowest BCUT2D eigenvalue weighted by molar-refractivity contribution is 0.227. The van der Waals surface area contributed by atoms with Crippen LogP contribution in [0.15, 0.2) is 156 Å². The molecule has 7 aromatic carbocycles. The number of benzene rings is 7. The van der Waals surface area contributed by atoms with E-state index in [2.05, 4.69) is 61.0 Å². The van der Waals surface area contributed by atoms with Gasteiger partial charge >= 0.3 is 0 Å². The topological polar surface area (TPSA) is 361 Å². The Morgan fingerprint density at radius 2 is 0.963 bits per heavy atom. The maximum atomic E-state index is 13.6. The summed E-state index contributed by atoms with van der Waals surface area (Å²) >= 11 is 13.2. The number of hydrogen-bond acceptors (Lipinski definition) is 23.